The van der Waals surface area contributed by atoms with Crippen LogP contribution in [0.5, 0.6) is 5.75 Å². The molecule has 0 aromatic heterocycles. The number of anilines is 1. The van der Waals surface area contributed by atoms with Crippen molar-refractivity contribution in [3.05, 3.63) is 166 Å². The number of hydrogen-bond donors (Lipinski definition) is 0. The van der Waals surface area contributed by atoms with E-state index < -0.39 is 0 Å². The van der Waals surface area contributed by atoms with Crippen molar-refractivity contribution in [1.82, 2.24) is 4.90 Å². The summed E-state index contributed by atoms with van der Waals surface area (Å²) in [5.74, 6) is 2.20. The summed E-state index contributed by atoms with van der Waals surface area (Å²) in [6.45, 7) is 13.6. The fraction of sp³-hybridized carbons (Fsp3) is 0.245. The average molecular weight is 696 g/mol. The summed E-state index contributed by atoms with van der Waals surface area (Å²) < 4.78 is 6.84. The van der Waals surface area contributed by atoms with Gasteiger partial charge in [0.25, 0.3) is 0 Å². The number of para-hydroxylation sites is 1. The number of nitrogens with zero attached hydrogens (tertiary/aromatic N) is 3. The largest absolute Gasteiger partial charge is 0.458 e. The Morgan fingerprint density at radius 3 is 2.55 bits per heavy atom. The molecule has 0 bridgehead atoms. The number of nitriles is 1. The lowest BCUT2D eigenvalue weighted by Crippen LogP contribution is -2.24. The lowest BCUT2D eigenvalue weighted by atomic mass is 9.89. The third-order valence-corrected chi connectivity index (χ3v) is 10.8. The molecule has 0 radical (unpaired) electrons. The van der Waals surface area contributed by atoms with Gasteiger partial charge >= 0.3 is 0 Å². The van der Waals surface area contributed by atoms with Crippen molar-refractivity contribution in [2.45, 2.75) is 73.1 Å². The molecule has 1 atom stereocenters. The molecule has 1 unspecified atom stereocenters. The van der Waals surface area contributed by atoms with E-state index in [1.54, 1.807) is 0 Å². The molecule has 0 spiro atoms. The SMILES string of the molecule is C\C=C/C=C\C=C(/C)N(C1=CCC=c2ccc3c(N(CC)/C(=C/C=C(/C#N)CC)CC)ccc4ccc1c2c43)C1=C2Oc3c(C)cccc3C2CC=C1. The third-order valence-electron chi connectivity index (χ3n) is 10.8. The van der Waals surface area contributed by atoms with Crippen molar-refractivity contribution in [2.24, 2.45) is 0 Å². The van der Waals surface area contributed by atoms with Crippen molar-refractivity contribution in [3.8, 4) is 11.8 Å². The van der Waals surface area contributed by atoms with E-state index in [0.717, 1.165) is 66.4 Å². The minimum Gasteiger partial charge on any atom is -0.458 e. The van der Waals surface area contributed by atoms with Gasteiger partial charge in [-0.1, -0.05) is 105 Å². The molecule has 4 aromatic carbocycles. The molecule has 1 heterocycles. The minimum absolute atomic E-state index is 0.183. The number of allylic oxidation sites excluding steroid dienone is 14. The van der Waals surface area contributed by atoms with Gasteiger partial charge in [0.2, 0.25) is 0 Å². The first-order valence-electron chi connectivity index (χ1n) is 19.1. The zero-order chi connectivity index (χ0) is 37.1. The summed E-state index contributed by atoms with van der Waals surface area (Å²) in [4.78, 5) is 4.84. The van der Waals surface area contributed by atoms with Crippen molar-refractivity contribution < 1.29 is 4.74 Å². The van der Waals surface area contributed by atoms with Crippen LogP contribution in [-0.4, -0.2) is 11.4 Å². The van der Waals surface area contributed by atoms with Crippen LogP contribution in [0.15, 0.2) is 144 Å². The van der Waals surface area contributed by atoms with Crippen LogP contribution in [0.3, 0.4) is 0 Å². The van der Waals surface area contributed by atoms with Gasteiger partial charge in [-0.25, -0.2) is 0 Å². The van der Waals surface area contributed by atoms with Gasteiger partial charge < -0.3 is 14.5 Å². The number of aryl methyl sites for hydroxylation is 1. The van der Waals surface area contributed by atoms with E-state index >= 15 is 0 Å². The van der Waals surface area contributed by atoms with Crippen molar-refractivity contribution in [3.63, 3.8) is 0 Å². The van der Waals surface area contributed by atoms with E-state index in [4.69, 9.17) is 4.74 Å². The van der Waals surface area contributed by atoms with E-state index in [9.17, 15) is 5.26 Å². The molecule has 0 saturated carbocycles. The Labute approximate surface area is 315 Å². The third kappa shape index (κ3) is 6.46. The highest BCUT2D eigenvalue weighted by Gasteiger charge is 2.36. The van der Waals surface area contributed by atoms with Crippen molar-refractivity contribution in [1.29, 1.82) is 5.26 Å². The van der Waals surface area contributed by atoms with Gasteiger partial charge in [0.05, 0.1) is 23.4 Å². The molecule has 0 saturated heterocycles. The van der Waals surface area contributed by atoms with Gasteiger partial charge in [0.1, 0.15) is 11.5 Å². The number of hydrogen-bond acceptors (Lipinski definition) is 4. The maximum Gasteiger partial charge on any atom is 0.136 e. The summed E-state index contributed by atoms with van der Waals surface area (Å²) in [5, 5.41) is 15.9. The topological polar surface area (TPSA) is 39.5 Å². The molecule has 4 nitrogen and oxygen atoms in total. The first-order chi connectivity index (χ1) is 25.9. The fourth-order valence-electron chi connectivity index (χ4n) is 8.17. The molecule has 53 heavy (non-hydrogen) atoms. The molecule has 1 aliphatic heterocycles. The molecule has 4 heteroatoms. The predicted molar refractivity (Wildman–Crippen MR) is 224 cm³/mol. The van der Waals surface area contributed by atoms with E-state index in [1.807, 2.05) is 26.0 Å². The Morgan fingerprint density at radius 1 is 0.925 bits per heavy atom. The highest BCUT2D eigenvalue weighted by molar-refractivity contribution is 6.18. The zero-order valence-electron chi connectivity index (χ0n) is 31.9. The van der Waals surface area contributed by atoms with Gasteiger partial charge in [-0.05, 0) is 111 Å². The predicted octanol–water partition coefficient (Wildman–Crippen LogP) is 12.2. The van der Waals surface area contributed by atoms with Crippen molar-refractivity contribution in [2.75, 3.05) is 11.4 Å². The van der Waals surface area contributed by atoms with Gasteiger partial charge in [-0.3, -0.25) is 0 Å². The van der Waals surface area contributed by atoms with Gasteiger partial charge in [-0.15, -0.1) is 0 Å². The number of fused-ring (bicyclic) bond motifs is 3. The molecule has 7 rings (SSSR count). The molecule has 4 aromatic rings. The van der Waals surface area contributed by atoms with Crippen LogP contribution in [0.25, 0.3) is 33.3 Å². The van der Waals surface area contributed by atoms with Crippen molar-refractivity contribution >= 4 is 39.0 Å². The van der Waals surface area contributed by atoms with Crippen LogP contribution in [0.1, 0.15) is 82.9 Å². The lowest BCUT2D eigenvalue weighted by molar-refractivity contribution is 0.396. The monoisotopic (exact) mass is 695 g/mol. The molecular formula is C49H49N3O. The van der Waals surface area contributed by atoms with Crippen LogP contribution in [0.4, 0.5) is 5.69 Å². The Balaban J connectivity index is 1.44. The quantitative estimate of drug-likeness (QED) is 0.116. The molecule has 0 N–H and O–H groups in total. The molecule has 266 valence electrons. The molecule has 3 aliphatic rings. The molecular weight excluding hydrogens is 647 g/mol. The molecule has 0 amide bonds. The lowest BCUT2D eigenvalue weighted by Gasteiger charge is -2.33. The summed E-state index contributed by atoms with van der Waals surface area (Å²) in [5.41, 5.74) is 10.2. The summed E-state index contributed by atoms with van der Waals surface area (Å²) in [6, 6.07) is 22.6. The highest BCUT2D eigenvalue weighted by Crippen LogP contribution is 2.50. The van der Waals surface area contributed by atoms with Crippen LogP contribution in [0.2, 0.25) is 0 Å². The number of ether oxygens (including phenoxy) is 1. The molecule has 2 aliphatic carbocycles. The van der Waals surface area contributed by atoms with Gasteiger partial charge in [0.15, 0.2) is 0 Å². The van der Waals surface area contributed by atoms with E-state index in [0.29, 0.717) is 0 Å². The van der Waals surface area contributed by atoms with Gasteiger partial charge in [0, 0.05) is 45.7 Å². The summed E-state index contributed by atoms with van der Waals surface area (Å²) in [7, 11) is 0. The van der Waals surface area contributed by atoms with Crippen LogP contribution >= 0.6 is 0 Å². The Morgan fingerprint density at radius 2 is 1.77 bits per heavy atom. The Bertz CT molecular complexity index is 2440. The normalized spacial score (nSPS) is 17.2. The van der Waals surface area contributed by atoms with Gasteiger partial charge in [-0.2, -0.15) is 5.26 Å². The first-order valence-corrected chi connectivity index (χ1v) is 19.1. The zero-order valence-corrected chi connectivity index (χ0v) is 31.9. The average Bonchev–Trinajstić information content (AvgIpc) is 3.47. The summed E-state index contributed by atoms with van der Waals surface area (Å²) >= 11 is 0. The van der Waals surface area contributed by atoms with Crippen LogP contribution in [0, 0.1) is 18.3 Å². The Kier molecular flexibility index (Phi) is 10.4. The standard InChI is InChI=1S/C49H49N3O/c1-7-11-12-13-18-34(6)52(45-23-16-21-40-39-20-14-17-33(5)48(39)53-49(40)45)44-22-15-19-36-25-29-41-43(31-27-37-26-30-42(44)46(36)47(37)41)51(10-4)38(9-3)28-24-35(8-2)32-50/h7,11-14,16-20,22-31,40H,8-10,15,21H2,1-6H3/b11-7-,13-12-,34-18+,35-24+,38-28+. The number of rotatable bonds is 11. The van der Waals surface area contributed by atoms with E-state index in [2.05, 4.69) is 153 Å². The highest BCUT2D eigenvalue weighted by atomic mass is 16.5. The second-order valence-corrected chi connectivity index (χ2v) is 13.9. The van der Waals surface area contributed by atoms with Crippen LogP contribution in [-0.2, 0) is 0 Å². The smallest absolute Gasteiger partial charge is 0.136 e. The van der Waals surface area contributed by atoms with E-state index in [1.165, 1.54) is 54.8 Å². The first kappa shape index (κ1) is 35.6. The van der Waals surface area contributed by atoms with Crippen LogP contribution < -0.4 is 14.9 Å². The second-order valence-electron chi connectivity index (χ2n) is 13.9. The maximum atomic E-state index is 9.60. The molecule has 0 fully saturated rings. The maximum absolute atomic E-state index is 9.60. The second kappa shape index (κ2) is 15.4. The number of benzene rings is 4. The summed E-state index contributed by atoms with van der Waals surface area (Å²) in [6.07, 6.45) is 27.3. The fourth-order valence-corrected chi connectivity index (χ4v) is 8.17. The van der Waals surface area contributed by atoms with E-state index in [-0.39, 0.29) is 5.92 Å². The Hall–Kier alpha value is -5.79. The minimum atomic E-state index is 0.183.